The van der Waals surface area contributed by atoms with Crippen LogP contribution in [0.4, 0.5) is 8.78 Å². The van der Waals surface area contributed by atoms with Gasteiger partial charge in [-0.05, 0) is 50.6 Å². The van der Waals surface area contributed by atoms with Crippen LogP contribution in [0.5, 0.6) is 5.75 Å². The van der Waals surface area contributed by atoms with E-state index < -0.39 is 62.5 Å². The lowest BCUT2D eigenvalue weighted by atomic mass is 10.1. The van der Waals surface area contributed by atoms with Gasteiger partial charge in [0.25, 0.3) is 0 Å². The number of aliphatic hydroxyl groups is 1. The second-order valence-electron chi connectivity index (χ2n) is 11.1. The lowest BCUT2D eigenvalue weighted by molar-refractivity contribution is -0.149. The van der Waals surface area contributed by atoms with Crippen LogP contribution in [0.15, 0.2) is 59.5 Å². The van der Waals surface area contributed by atoms with E-state index in [1.54, 1.807) is 50.2 Å². The van der Waals surface area contributed by atoms with E-state index in [1.807, 2.05) is 13.8 Å². The third-order valence-corrected chi connectivity index (χ3v) is 8.20. The second kappa shape index (κ2) is 13.2. The van der Waals surface area contributed by atoms with Gasteiger partial charge in [-0.2, -0.15) is 18.9 Å². The molecule has 0 amide bonds. The molecule has 1 saturated heterocycles. The smallest absolute Gasteiger partial charge is 0.459 e. The van der Waals surface area contributed by atoms with Crippen molar-refractivity contribution < 1.29 is 41.8 Å². The molecule has 2 N–H and O–H groups in total. The van der Waals surface area contributed by atoms with Crippen molar-refractivity contribution in [1.29, 1.82) is 0 Å². The molecule has 14 heteroatoms. The quantitative estimate of drug-likeness (QED) is 0.217. The molecule has 0 spiro atoms. The number of alkyl halides is 2. The van der Waals surface area contributed by atoms with Crippen molar-refractivity contribution in [1.82, 2.24) is 14.6 Å². The summed E-state index contributed by atoms with van der Waals surface area (Å²) in [6.07, 6.45) is -5.22. The first kappa shape index (κ1) is 32.7. The Kier molecular flexibility index (Phi) is 10.0. The van der Waals surface area contributed by atoms with Crippen LogP contribution in [-0.2, 0) is 29.8 Å². The number of rotatable bonds is 12. The number of hydrogen-bond acceptors (Lipinski definition) is 9. The normalized spacial score (nSPS) is 22.0. The van der Waals surface area contributed by atoms with Crippen LogP contribution in [0.1, 0.15) is 46.5 Å². The number of benzene rings is 2. The summed E-state index contributed by atoms with van der Waals surface area (Å²) in [7, 11) is -4.51. The predicted molar refractivity (Wildman–Crippen MR) is 154 cm³/mol. The Morgan fingerprint density at radius 3 is 2.51 bits per heavy atom. The fourth-order valence-electron chi connectivity index (χ4n) is 4.56. The van der Waals surface area contributed by atoms with Crippen molar-refractivity contribution in [3.8, 4) is 5.75 Å². The van der Waals surface area contributed by atoms with Gasteiger partial charge in [-0.1, -0.05) is 50.2 Å². The number of carbonyl (C=O) groups is 1. The molecule has 2 heterocycles. The van der Waals surface area contributed by atoms with Crippen molar-refractivity contribution in [2.75, 3.05) is 6.61 Å². The molecule has 4 rings (SSSR count). The highest BCUT2D eigenvalue weighted by molar-refractivity contribution is 7.52. The van der Waals surface area contributed by atoms with Crippen LogP contribution in [0, 0.1) is 5.92 Å². The molecule has 0 saturated carbocycles. The molecule has 0 aliphatic carbocycles. The number of esters is 1. The molecule has 2 aromatic carbocycles. The number of nitrogens with one attached hydrogen (secondary N) is 1. The van der Waals surface area contributed by atoms with Crippen molar-refractivity contribution in [2.24, 2.45) is 5.92 Å². The molecule has 1 aromatic heterocycles. The lowest BCUT2D eigenvalue weighted by Gasteiger charge is -2.25. The van der Waals surface area contributed by atoms with E-state index in [9.17, 15) is 19.3 Å². The number of hydrogen-bond donors (Lipinski definition) is 2. The van der Waals surface area contributed by atoms with Crippen LogP contribution in [0.25, 0.3) is 10.8 Å². The van der Waals surface area contributed by atoms with Crippen LogP contribution in [0.3, 0.4) is 0 Å². The van der Waals surface area contributed by atoms with Crippen molar-refractivity contribution in [3.63, 3.8) is 0 Å². The molecule has 3 aromatic rings. The van der Waals surface area contributed by atoms with Gasteiger partial charge >= 0.3 is 25.3 Å². The van der Waals surface area contributed by atoms with Crippen molar-refractivity contribution in [3.05, 3.63) is 70.9 Å². The summed E-state index contributed by atoms with van der Waals surface area (Å²) in [6.45, 7) is 7.66. The fraction of sp³-hybridized carbons (Fsp3) is 0.483. The van der Waals surface area contributed by atoms with Gasteiger partial charge in [0.1, 0.15) is 17.9 Å². The Morgan fingerprint density at radius 2 is 1.84 bits per heavy atom. The first-order valence-electron chi connectivity index (χ1n) is 13.9. The van der Waals surface area contributed by atoms with Gasteiger partial charge in [-0.15, -0.1) is 0 Å². The first-order chi connectivity index (χ1) is 20.2. The van der Waals surface area contributed by atoms with E-state index in [0.717, 1.165) is 11.6 Å². The van der Waals surface area contributed by atoms with E-state index in [-0.39, 0.29) is 11.7 Å². The maximum atomic E-state index is 15.2. The summed E-state index contributed by atoms with van der Waals surface area (Å²) in [5.41, 5.74) is -0.540. The van der Waals surface area contributed by atoms with E-state index in [4.69, 9.17) is 18.5 Å². The SMILES string of the molecule is CC(C)Cc1ccn([C@@H]2O[C@H](COP(=O)(N[C@@H](C)C(=O)OC(C)C)Oc3cccc4ccccc34)[C@@H](O)C2(F)F)c(=O)n1. The van der Waals surface area contributed by atoms with Crippen LogP contribution in [-0.4, -0.2) is 57.5 Å². The molecular weight excluding hydrogens is 587 g/mol. The molecule has 1 fully saturated rings. The van der Waals surface area contributed by atoms with E-state index >= 15 is 8.78 Å². The minimum absolute atomic E-state index is 0.133. The Morgan fingerprint density at radius 1 is 1.14 bits per heavy atom. The highest BCUT2D eigenvalue weighted by Crippen LogP contribution is 2.49. The van der Waals surface area contributed by atoms with Gasteiger partial charge in [-0.3, -0.25) is 13.9 Å². The zero-order valence-corrected chi connectivity index (χ0v) is 25.4. The maximum absolute atomic E-state index is 15.2. The number of fused-ring (bicyclic) bond motifs is 1. The van der Waals surface area contributed by atoms with Gasteiger partial charge in [0, 0.05) is 17.3 Å². The number of halogens is 2. The van der Waals surface area contributed by atoms with E-state index in [2.05, 4.69) is 10.1 Å². The Bertz CT molecular complexity index is 1540. The number of nitrogens with zero attached hydrogens (tertiary/aromatic N) is 2. The van der Waals surface area contributed by atoms with Crippen molar-refractivity contribution in [2.45, 2.75) is 77.5 Å². The minimum Gasteiger partial charge on any atom is -0.462 e. The number of aliphatic hydroxyl groups excluding tert-OH is 1. The zero-order valence-electron chi connectivity index (χ0n) is 24.5. The fourth-order valence-corrected chi connectivity index (χ4v) is 6.08. The lowest BCUT2D eigenvalue weighted by Crippen LogP contribution is -2.42. The number of ether oxygens (including phenoxy) is 2. The summed E-state index contributed by atoms with van der Waals surface area (Å²) in [5.74, 6) is -4.36. The average molecular weight is 624 g/mol. The highest BCUT2D eigenvalue weighted by atomic mass is 31.2. The first-order valence-corrected chi connectivity index (χ1v) is 15.4. The van der Waals surface area contributed by atoms with E-state index in [0.29, 0.717) is 22.1 Å². The third-order valence-electron chi connectivity index (χ3n) is 6.57. The summed E-state index contributed by atoms with van der Waals surface area (Å²) >= 11 is 0. The van der Waals surface area contributed by atoms with Gasteiger partial charge in [0.05, 0.1) is 12.7 Å². The Balaban J connectivity index is 1.58. The standard InChI is InChI=1S/C29H36F2N3O8P/c1-17(2)15-21-13-14-34(28(37)32-21)27-29(30,31)25(35)24(41-27)16-39-43(38,33-19(5)26(36)40-18(3)4)42-23-12-8-10-20-9-6-7-11-22(20)23/h6-14,17-19,24-25,27,35H,15-16H2,1-5H3,(H,33,38)/t19-,24+,25+,27+,43?/m0/s1. The molecule has 0 bridgehead atoms. The average Bonchev–Trinajstić information content (AvgIpc) is 3.15. The molecule has 5 atom stereocenters. The molecule has 43 heavy (non-hydrogen) atoms. The summed E-state index contributed by atoms with van der Waals surface area (Å²) in [5, 5.41) is 14.3. The van der Waals surface area contributed by atoms with Gasteiger partial charge in [-0.25, -0.2) is 9.36 Å². The maximum Gasteiger partial charge on any atom is 0.459 e. The van der Waals surface area contributed by atoms with E-state index in [1.165, 1.54) is 19.1 Å². The number of aromatic nitrogens is 2. The molecule has 234 valence electrons. The van der Waals surface area contributed by atoms with Gasteiger partial charge < -0.3 is 19.1 Å². The van der Waals surface area contributed by atoms with Crippen LogP contribution < -0.4 is 15.3 Å². The topological polar surface area (TPSA) is 138 Å². The molecular formula is C29H36F2N3O8P. The Labute approximate surface area is 247 Å². The Hall–Kier alpha value is -3.22. The molecule has 0 radical (unpaired) electrons. The van der Waals surface area contributed by atoms with Gasteiger partial charge in [0.2, 0.25) is 6.23 Å². The zero-order chi connectivity index (χ0) is 31.5. The molecule has 1 aliphatic rings. The summed E-state index contributed by atoms with van der Waals surface area (Å²) in [6, 6.07) is 12.3. The summed E-state index contributed by atoms with van der Waals surface area (Å²) < 4.78 is 66.9. The minimum atomic E-state index is -4.51. The summed E-state index contributed by atoms with van der Waals surface area (Å²) in [4.78, 5) is 29.0. The molecule has 1 aliphatic heterocycles. The van der Waals surface area contributed by atoms with Gasteiger partial charge in [0.15, 0.2) is 6.10 Å². The van der Waals surface area contributed by atoms with Crippen molar-refractivity contribution >= 4 is 24.5 Å². The molecule has 11 nitrogen and oxygen atoms in total. The monoisotopic (exact) mass is 623 g/mol. The van der Waals surface area contributed by atoms with Crippen LogP contribution >= 0.6 is 7.75 Å². The third kappa shape index (κ3) is 7.66. The molecule has 1 unspecified atom stereocenters. The second-order valence-corrected chi connectivity index (χ2v) is 12.7. The van der Waals surface area contributed by atoms with Crippen LogP contribution in [0.2, 0.25) is 0 Å². The largest absolute Gasteiger partial charge is 0.462 e. The highest BCUT2D eigenvalue weighted by Gasteiger charge is 2.60. The predicted octanol–water partition coefficient (Wildman–Crippen LogP) is 4.62. The number of carbonyl (C=O) groups excluding carboxylic acids is 1.